The fraction of sp³-hybridized carbons (Fsp3) is 0.133. The van der Waals surface area contributed by atoms with E-state index in [9.17, 15) is 8.42 Å². The van der Waals surface area contributed by atoms with E-state index in [4.69, 9.17) is 11.0 Å². The van der Waals surface area contributed by atoms with Gasteiger partial charge in [-0.2, -0.15) is 5.26 Å². The molecular weight excluding hydrogens is 286 g/mol. The number of sulfonamides is 1. The zero-order valence-corrected chi connectivity index (χ0v) is 12.3. The third-order valence-corrected chi connectivity index (χ3v) is 4.90. The van der Waals surface area contributed by atoms with Gasteiger partial charge >= 0.3 is 0 Å². The first-order valence-electron chi connectivity index (χ1n) is 6.37. The third kappa shape index (κ3) is 2.98. The molecule has 5 nitrogen and oxygen atoms in total. The molecule has 2 aromatic carbocycles. The van der Waals surface area contributed by atoms with E-state index in [0.717, 1.165) is 0 Å². The van der Waals surface area contributed by atoms with Crippen LogP contribution in [-0.2, 0) is 10.0 Å². The van der Waals surface area contributed by atoms with Gasteiger partial charge in [0.2, 0.25) is 0 Å². The minimum Gasteiger partial charge on any atom is -0.399 e. The first-order chi connectivity index (χ1) is 9.98. The summed E-state index contributed by atoms with van der Waals surface area (Å²) < 4.78 is 26.7. The number of hydrogen-bond donors (Lipinski definition) is 1. The van der Waals surface area contributed by atoms with Gasteiger partial charge in [0.1, 0.15) is 0 Å². The predicted octanol–water partition coefficient (Wildman–Crippen LogP) is 2.36. The van der Waals surface area contributed by atoms with E-state index in [0.29, 0.717) is 16.9 Å². The molecule has 0 heterocycles. The number of rotatable bonds is 4. The van der Waals surface area contributed by atoms with E-state index < -0.39 is 10.0 Å². The molecule has 0 amide bonds. The van der Waals surface area contributed by atoms with Gasteiger partial charge in [-0.25, -0.2) is 8.42 Å². The van der Waals surface area contributed by atoms with Crippen LogP contribution in [0.15, 0.2) is 53.4 Å². The van der Waals surface area contributed by atoms with Gasteiger partial charge in [-0.3, -0.25) is 4.31 Å². The number of benzene rings is 2. The average molecular weight is 301 g/mol. The Kier molecular flexibility index (Phi) is 4.15. The normalized spacial score (nSPS) is 10.9. The van der Waals surface area contributed by atoms with Crippen molar-refractivity contribution in [1.29, 1.82) is 5.26 Å². The zero-order valence-electron chi connectivity index (χ0n) is 11.5. The molecule has 0 spiro atoms. The Morgan fingerprint density at radius 2 is 1.90 bits per heavy atom. The van der Waals surface area contributed by atoms with Crippen molar-refractivity contribution in [1.82, 2.24) is 0 Å². The summed E-state index contributed by atoms with van der Waals surface area (Å²) in [4.78, 5) is 0.0887. The highest BCUT2D eigenvalue weighted by atomic mass is 32.2. The van der Waals surface area contributed by atoms with Crippen LogP contribution in [-0.4, -0.2) is 15.0 Å². The Morgan fingerprint density at radius 1 is 1.19 bits per heavy atom. The second-order valence-corrected chi connectivity index (χ2v) is 6.27. The Morgan fingerprint density at radius 3 is 2.52 bits per heavy atom. The summed E-state index contributed by atoms with van der Waals surface area (Å²) >= 11 is 0. The molecule has 0 unspecified atom stereocenters. The van der Waals surface area contributed by atoms with Crippen molar-refractivity contribution in [3.8, 4) is 6.07 Å². The Balaban J connectivity index is 2.52. The van der Waals surface area contributed by atoms with E-state index >= 15 is 0 Å². The van der Waals surface area contributed by atoms with E-state index in [1.54, 1.807) is 43.3 Å². The summed E-state index contributed by atoms with van der Waals surface area (Å²) in [6.07, 6.45) is 0. The van der Waals surface area contributed by atoms with E-state index in [-0.39, 0.29) is 11.4 Å². The number of hydrogen-bond acceptors (Lipinski definition) is 4. The zero-order chi connectivity index (χ0) is 15.5. The maximum Gasteiger partial charge on any atom is 0.264 e. The number of anilines is 2. The molecule has 2 N–H and O–H groups in total. The molecule has 0 aliphatic heterocycles. The van der Waals surface area contributed by atoms with Gasteiger partial charge in [0.25, 0.3) is 10.0 Å². The topological polar surface area (TPSA) is 87.2 Å². The fourth-order valence-corrected chi connectivity index (χ4v) is 3.54. The second kappa shape index (κ2) is 5.85. The molecule has 0 aromatic heterocycles. The van der Waals surface area contributed by atoms with Crippen LogP contribution < -0.4 is 10.0 Å². The van der Waals surface area contributed by atoms with Crippen molar-refractivity contribution < 1.29 is 8.42 Å². The summed E-state index contributed by atoms with van der Waals surface area (Å²) in [6.45, 7) is 2.01. The number of nitrogen functional groups attached to an aromatic ring is 1. The Labute approximate surface area is 124 Å². The van der Waals surface area contributed by atoms with Gasteiger partial charge in [0, 0.05) is 12.2 Å². The monoisotopic (exact) mass is 301 g/mol. The lowest BCUT2D eigenvalue weighted by atomic mass is 10.2. The number of nitrogens with zero attached hydrogens (tertiary/aromatic N) is 2. The van der Waals surface area contributed by atoms with Gasteiger partial charge in [-0.1, -0.05) is 12.1 Å². The van der Waals surface area contributed by atoms with Crippen molar-refractivity contribution in [3.63, 3.8) is 0 Å². The minimum atomic E-state index is -3.73. The van der Waals surface area contributed by atoms with Crippen molar-refractivity contribution in [2.75, 3.05) is 16.6 Å². The van der Waals surface area contributed by atoms with Crippen molar-refractivity contribution >= 4 is 21.4 Å². The largest absolute Gasteiger partial charge is 0.399 e. The molecule has 21 heavy (non-hydrogen) atoms. The molecule has 0 aliphatic rings. The Hall–Kier alpha value is -2.52. The van der Waals surface area contributed by atoms with Crippen LogP contribution in [0.1, 0.15) is 12.5 Å². The van der Waals surface area contributed by atoms with Gasteiger partial charge in [0.05, 0.1) is 22.2 Å². The van der Waals surface area contributed by atoms with Crippen LogP contribution >= 0.6 is 0 Å². The first kappa shape index (κ1) is 14.9. The van der Waals surface area contributed by atoms with E-state index in [1.165, 1.54) is 16.4 Å². The summed E-state index contributed by atoms with van der Waals surface area (Å²) in [6, 6.07) is 14.6. The highest BCUT2D eigenvalue weighted by molar-refractivity contribution is 7.92. The fourth-order valence-electron chi connectivity index (χ4n) is 2.02. The highest BCUT2D eigenvalue weighted by Crippen LogP contribution is 2.25. The van der Waals surface area contributed by atoms with Crippen LogP contribution in [0.4, 0.5) is 11.4 Å². The SMILES string of the molecule is CCN(c1cccc(N)c1)S(=O)(=O)c1cccc(C#N)c1. The van der Waals surface area contributed by atoms with Gasteiger partial charge in [-0.05, 0) is 43.3 Å². The van der Waals surface area contributed by atoms with Crippen LogP contribution in [0.25, 0.3) is 0 Å². The molecule has 0 aliphatic carbocycles. The molecule has 2 aromatic rings. The number of nitriles is 1. The van der Waals surface area contributed by atoms with Crippen LogP contribution in [0, 0.1) is 11.3 Å². The van der Waals surface area contributed by atoms with E-state index in [1.807, 2.05) is 6.07 Å². The molecule has 108 valence electrons. The second-order valence-electron chi connectivity index (χ2n) is 4.40. The summed E-state index contributed by atoms with van der Waals surface area (Å²) in [5.41, 5.74) is 7.01. The third-order valence-electron chi connectivity index (χ3n) is 3.00. The maximum absolute atomic E-state index is 12.7. The standard InChI is InChI=1S/C15H15N3O2S/c1-2-18(14-7-4-6-13(17)10-14)21(19,20)15-8-3-5-12(9-15)11-16/h3-10H,2,17H2,1H3. The summed E-state index contributed by atoms with van der Waals surface area (Å²) in [5.74, 6) is 0. The molecule has 6 heteroatoms. The molecule has 0 radical (unpaired) electrons. The van der Waals surface area contributed by atoms with Crippen LogP contribution in [0.3, 0.4) is 0 Å². The lowest BCUT2D eigenvalue weighted by Crippen LogP contribution is -2.30. The quantitative estimate of drug-likeness (QED) is 0.878. The minimum absolute atomic E-state index is 0.0887. The molecule has 0 fully saturated rings. The molecule has 0 saturated carbocycles. The van der Waals surface area contributed by atoms with Gasteiger partial charge < -0.3 is 5.73 Å². The molecule has 0 bridgehead atoms. The van der Waals surface area contributed by atoms with Crippen LogP contribution in [0.2, 0.25) is 0 Å². The lowest BCUT2D eigenvalue weighted by molar-refractivity contribution is 0.592. The Bertz CT molecular complexity index is 795. The van der Waals surface area contributed by atoms with Crippen LogP contribution in [0.5, 0.6) is 0 Å². The summed E-state index contributed by atoms with van der Waals surface area (Å²) in [5, 5.41) is 8.90. The predicted molar refractivity (Wildman–Crippen MR) is 82.2 cm³/mol. The molecular formula is C15H15N3O2S. The summed E-state index contributed by atoms with van der Waals surface area (Å²) in [7, 11) is -3.73. The highest BCUT2D eigenvalue weighted by Gasteiger charge is 2.23. The maximum atomic E-state index is 12.7. The average Bonchev–Trinajstić information content (AvgIpc) is 2.48. The van der Waals surface area contributed by atoms with Gasteiger partial charge in [-0.15, -0.1) is 0 Å². The van der Waals surface area contributed by atoms with Crippen molar-refractivity contribution in [2.45, 2.75) is 11.8 Å². The number of nitrogens with two attached hydrogens (primary N) is 1. The van der Waals surface area contributed by atoms with Gasteiger partial charge in [0.15, 0.2) is 0 Å². The lowest BCUT2D eigenvalue weighted by Gasteiger charge is -2.23. The van der Waals surface area contributed by atoms with Crippen molar-refractivity contribution in [2.24, 2.45) is 0 Å². The van der Waals surface area contributed by atoms with Crippen molar-refractivity contribution in [3.05, 3.63) is 54.1 Å². The van der Waals surface area contributed by atoms with E-state index in [2.05, 4.69) is 0 Å². The first-order valence-corrected chi connectivity index (χ1v) is 7.81. The molecule has 2 rings (SSSR count). The molecule has 0 atom stereocenters. The molecule has 0 saturated heterocycles. The smallest absolute Gasteiger partial charge is 0.264 e.